The highest BCUT2D eigenvalue weighted by molar-refractivity contribution is 7.89. The van der Waals surface area contributed by atoms with E-state index in [0.29, 0.717) is 17.4 Å². The molecule has 0 saturated heterocycles. The van der Waals surface area contributed by atoms with Gasteiger partial charge in [-0.15, -0.1) is 0 Å². The molecule has 2 unspecified atom stereocenters. The Kier molecular flexibility index (Phi) is 3.42. The SMILES string of the molecule is Cc1ccc(S(=O)(=O)N2CC3=C4C(CCC3)CCCC42)cc1. The summed E-state index contributed by atoms with van der Waals surface area (Å²) in [6.07, 6.45) is 7.00. The summed E-state index contributed by atoms with van der Waals surface area (Å²) in [6.45, 7) is 2.62. The molecule has 4 rings (SSSR count). The van der Waals surface area contributed by atoms with Gasteiger partial charge in [-0.25, -0.2) is 8.42 Å². The second-order valence-corrected chi connectivity index (χ2v) is 8.85. The fourth-order valence-corrected chi connectivity index (χ4v) is 6.17. The smallest absolute Gasteiger partial charge is 0.207 e. The lowest BCUT2D eigenvalue weighted by molar-refractivity contribution is 0.307. The summed E-state index contributed by atoms with van der Waals surface area (Å²) in [4.78, 5) is 0.445. The monoisotopic (exact) mass is 317 g/mol. The van der Waals surface area contributed by atoms with Gasteiger partial charge in [0.2, 0.25) is 10.0 Å². The Morgan fingerprint density at radius 1 is 1.05 bits per heavy atom. The van der Waals surface area contributed by atoms with Crippen molar-refractivity contribution < 1.29 is 8.42 Å². The minimum absolute atomic E-state index is 0.139. The molecule has 1 aromatic carbocycles. The molecule has 1 heterocycles. The van der Waals surface area contributed by atoms with E-state index in [2.05, 4.69) is 0 Å². The fourth-order valence-electron chi connectivity index (χ4n) is 4.54. The molecule has 3 nitrogen and oxygen atoms in total. The van der Waals surface area contributed by atoms with Gasteiger partial charge >= 0.3 is 0 Å². The van der Waals surface area contributed by atoms with Gasteiger partial charge in [-0.1, -0.05) is 29.7 Å². The number of aryl methyl sites for hydroxylation is 1. The van der Waals surface area contributed by atoms with Crippen LogP contribution in [0.15, 0.2) is 40.3 Å². The first kappa shape index (κ1) is 14.5. The van der Waals surface area contributed by atoms with Crippen molar-refractivity contribution in [3.63, 3.8) is 0 Å². The Balaban J connectivity index is 1.71. The first-order chi connectivity index (χ1) is 10.6. The minimum Gasteiger partial charge on any atom is -0.207 e. The summed E-state index contributed by atoms with van der Waals surface area (Å²) in [7, 11) is -3.37. The maximum atomic E-state index is 13.1. The van der Waals surface area contributed by atoms with Crippen molar-refractivity contribution in [2.45, 2.75) is 56.4 Å². The highest BCUT2D eigenvalue weighted by atomic mass is 32.2. The van der Waals surface area contributed by atoms with Gasteiger partial charge in [0.05, 0.1) is 4.90 Å². The highest BCUT2D eigenvalue weighted by Crippen LogP contribution is 2.47. The van der Waals surface area contributed by atoms with Gasteiger partial charge in [0.1, 0.15) is 0 Å². The quantitative estimate of drug-likeness (QED) is 0.781. The van der Waals surface area contributed by atoms with Gasteiger partial charge in [-0.05, 0) is 62.7 Å². The second-order valence-electron chi connectivity index (χ2n) is 6.96. The van der Waals surface area contributed by atoms with Crippen molar-refractivity contribution in [2.24, 2.45) is 5.92 Å². The number of hydrogen-bond acceptors (Lipinski definition) is 2. The van der Waals surface area contributed by atoms with Crippen LogP contribution in [0.25, 0.3) is 0 Å². The van der Waals surface area contributed by atoms with Gasteiger partial charge in [-0.2, -0.15) is 4.31 Å². The molecular formula is C18H23NO2S. The third-order valence-electron chi connectivity index (χ3n) is 5.59. The molecule has 1 fully saturated rings. The van der Waals surface area contributed by atoms with Crippen LogP contribution in [0.4, 0.5) is 0 Å². The van der Waals surface area contributed by atoms with Crippen molar-refractivity contribution in [2.75, 3.05) is 6.54 Å². The van der Waals surface area contributed by atoms with Gasteiger partial charge in [-0.3, -0.25) is 0 Å². The van der Waals surface area contributed by atoms with Crippen LogP contribution < -0.4 is 0 Å². The molecule has 4 heteroatoms. The average Bonchev–Trinajstić information content (AvgIpc) is 2.90. The van der Waals surface area contributed by atoms with Crippen molar-refractivity contribution in [1.29, 1.82) is 0 Å². The van der Waals surface area contributed by atoms with Gasteiger partial charge in [0, 0.05) is 12.6 Å². The van der Waals surface area contributed by atoms with Crippen molar-refractivity contribution in [1.82, 2.24) is 4.31 Å². The Labute approximate surface area is 133 Å². The molecule has 0 N–H and O–H groups in total. The molecular weight excluding hydrogens is 294 g/mol. The van der Waals surface area contributed by atoms with E-state index in [4.69, 9.17) is 0 Å². The molecule has 0 radical (unpaired) electrons. The Morgan fingerprint density at radius 2 is 1.77 bits per heavy atom. The maximum Gasteiger partial charge on any atom is 0.243 e. The zero-order valence-corrected chi connectivity index (χ0v) is 13.9. The van der Waals surface area contributed by atoms with E-state index >= 15 is 0 Å². The van der Waals surface area contributed by atoms with Crippen LogP contribution in [-0.4, -0.2) is 25.3 Å². The standard InChI is InChI=1S/C18H23NO2S/c1-13-8-10-16(11-9-13)22(20,21)19-12-15-6-2-4-14-5-3-7-17(19)18(14)15/h8-11,14,17H,2-7,12H2,1H3. The van der Waals surface area contributed by atoms with Crippen LogP contribution in [0.2, 0.25) is 0 Å². The van der Waals surface area contributed by atoms with Gasteiger partial charge in [0.15, 0.2) is 0 Å². The van der Waals surface area contributed by atoms with Crippen molar-refractivity contribution in [3.05, 3.63) is 41.0 Å². The first-order valence-corrected chi connectivity index (χ1v) is 9.82. The van der Waals surface area contributed by atoms with Crippen LogP contribution >= 0.6 is 0 Å². The molecule has 0 aromatic heterocycles. The number of sulfonamides is 1. The normalized spacial score (nSPS) is 28.8. The van der Waals surface area contributed by atoms with Crippen LogP contribution in [0.3, 0.4) is 0 Å². The number of hydrogen-bond donors (Lipinski definition) is 0. The summed E-state index contributed by atoms with van der Waals surface area (Å²) in [6, 6.07) is 7.42. The topological polar surface area (TPSA) is 37.4 Å². The van der Waals surface area contributed by atoms with Crippen LogP contribution in [-0.2, 0) is 10.0 Å². The Hall–Kier alpha value is -1.13. The predicted octanol–water partition coefficient (Wildman–Crippen LogP) is 3.65. The van der Waals surface area contributed by atoms with Crippen LogP contribution in [0.1, 0.15) is 44.1 Å². The lowest BCUT2D eigenvalue weighted by Gasteiger charge is -2.35. The molecule has 0 spiro atoms. The van der Waals surface area contributed by atoms with Gasteiger partial charge < -0.3 is 0 Å². The molecule has 2 atom stereocenters. The third-order valence-corrected chi connectivity index (χ3v) is 7.46. The van der Waals surface area contributed by atoms with Crippen LogP contribution in [0.5, 0.6) is 0 Å². The fraction of sp³-hybridized carbons (Fsp3) is 0.556. The largest absolute Gasteiger partial charge is 0.243 e. The Bertz CT molecular complexity index is 718. The first-order valence-electron chi connectivity index (χ1n) is 8.38. The van der Waals surface area contributed by atoms with Crippen molar-refractivity contribution in [3.8, 4) is 0 Å². The minimum atomic E-state index is -3.37. The van der Waals surface area contributed by atoms with E-state index in [-0.39, 0.29) is 6.04 Å². The molecule has 2 aliphatic carbocycles. The number of nitrogens with zero attached hydrogens (tertiary/aromatic N) is 1. The summed E-state index contributed by atoms with van der Waals surface area (Å²) in [5.41, 5.74) is 4.01. The molecule has 0 amide bonds. The van der Waals surface area contributed by atoms with Crippen LogP contribution in [0, 0.1) is 12.8 Å². The van der Waals surface area contributed by atoms with Gasteiger partial charge in [0.25, 0.3) is 0 Å². The van der Waals surface area contributed by atoms with E-state index in [1.54, 1.807) is 16.4 Å². The van der Waals surface area contributed by atoms with E-state index in [0.717, 1.165) is 24.8 Å². The summed E-state index contributed by atoms with van der Waals surface area (Å²) in [5, 5.41) is 0. The van der Waals surface area contributed by atoms with E-state index in [1.165, 1.54) is 30.4 Å². The Morgan fingerprint density at radius 3 is 2.55 bits per heavy atom. The predicted molar refractivity (Wildman–Crippen MR) is 87.1 cm³/mol. The molecule has 1 saturated carbocycles. The number of benzene rings is 1. The molecule has 118 valence electrons. The zero-order valence-electron chi connectivity index (χ0n) is 13.1. The molecule has 22 heavy (non-hydrogen) atoms. The molecule has 1 aliphatic heterocycles. The molecule has 0 bridgehead atoms. The van der Waals surface area contributed by atoms with Crippen molar-refractivity contribution >= 4 is 10.0 Å². The van der Waals surface area contributed by atoms with E-state index < -0.39 is 10.0 Å². The van der Waals surface area contributed by atoms with E-state index in [1.807, 2.05) is 19.1 Å². The zero-order chi connectivity index (χ0) is 15.3. The molecule has 3 aliphatic rings. The lowest BCUT2D eigenvalue weighted by atomic mass is 9.74. The second kappa shape index (κ2) is 5.20. The summed E-state index contributed by atoms with van der Waals surface area (Å²) in [5.74, 6) is 0.653. The highest BCUT2D eigenvalue weighted by Gasteiger charge is 2.45. The van der Waals surface area contributed by atoms with E-state index in [9.17, 15) is 8.42 Å². The molecule has 1 aromatic rings. The summed E-state index contributed by atoms with van der Waals surface area (Å²) >= 11 is 0. The maximum absolute atomic E-state index is 13.1. The average molecular weight is 317 g/mol. The lowest BCUT2D eigenvalue weighted by Crippen LogP contribution is -2.40. The summed E-state index contributed by atoms with van der Waals surface area (Å²) < 4.78 is 28.0. The number of rotatable bonds is 2. The third kappa shape index (κ3) is 2.16.